The minimum atomic E-state index is 0.463. The Morgan fingerprint density at radius 1 is 1.32 bits per heavy atom. The van der Waals surface area contributed by atoms with Gasteiger partial charge in [0.2, 0.25) is 0 Å². The first-order valence-corrected chi connectivity index (χ1v) is 8.01. The third-order valence-electron chi connectivity index (χ3n) is 4.10. The normalized spacial score (nSPS) is 16.5. The number of fused-ring (bicyclic) bond motifs is 1. The zero-order valence-corrected chi connectivity index (χ0v) is 13.7. The first kappa shape index (κ1) is 15.2. The molecule has 0 bridgehead atoms. The van der Waals surface area contributed by atoms with Crippen molar-refractivity contribution in [2.24, 2.45) is 0 Å². The van der Waals surface area contributed by atoms with Gasteiger partial charge in [0.1, 0.15) is 0 Å². The molecule has 6 heteroatoms. The summed E-state index contributed by atoms with van der Waals surface area (Å²) in [5.74, 6) is 0. The van der Waals surface area contributed by atoms with Crippen LogP contribution in [0.3, 0.4) is 0 Å². The van der Waals surface area contributed by atoms with E-state index in [9.17, 15) is 0 Å². The highest BCUT2D eigenvalue weighted by molar-refractivity contribution is 5.90. The zero-order valence-electron chi connectivity index (χ0n) is 13.7. The van der Waals surface area contributed by atoms with Crippen LogP contribution in [-0.2, 0) is 17.8 Å². The van der Waals surface area contributed by atoms with E-state index in [1.165, 1.54) is 11.3 Å². The van der Waals surface area contributed by atoms with E-state index in [0.29, 0.717) is 6.04 Å². The van der Waals surface area contributed by atoms with Crippen molar-refractivity contribution in [2.45, 2.75) is 38.9 Å². The summed E-state index contributed by atoms with van der Waals surface area (Å²) in [4.78, 5) is 6.80. The standard InChI is InChI=1S/C16H25N5O/c1-4-21-16-14(10-18-21)15(12(9-17-16)11-20(2)3)19-13-5-7-22-8-6-13/h9-10,13H,4-8,11H2,1-3H3,(H,17,19). The molecule has 1 saturated heterocycles. The molecule has 0 radical (unpaired) electrons. The van der Waals surface area contributed by atoms with Crippen LogP contribution < -0.4 is 5.32 Å². The van der Waals surface area contributed by atoms with Gasteiger partial charge in [-0.1, -0.05) is 0 Å². The van der Waals surface area contributed by atoms with Gasteiger partial charge in [0, 0.05) is 44.1 Å². The molecule has 0 amide bonds. The third-order valence-corrected chi connectivity index (χ3v) is 4.10. The highest BCUT2D eigenvalue weighted by Gasteiger charge is 2.19. The highest BCUT2D eigenvalue weighted by Crippen LogP contribution is 2.28. The predicted molar refractivity (Wildman–Crippen MR) is 88.1 cm³/mol. The number of ether oxygens (including phenoxy) is 1. The molecule has 3 rings (SSSR count). The van der Waals surface area contributed by atoms with Crippen LogP contribution in [0.15, 0.2) is 12.4 Å². The number of nitrogens with one attached hydrogen (secondary N) is 1. The second kappa shape index (κ2) is 6.62. The summed E-state index contributed by atoms with van der Waals surface area (Å²) in [7, 11) is 4.16. The van der Waals surface area contributed by atoms with Gasteiger partial charge >= 0.3 is 0 Å². The average molecular weight is 303 g/mol. The lowest BCUT2D eigenvalue weighted by molar-refractivity contribution is 0.0904. The van der Waals surface area contributed by atoms with E-state index < -0.39 is 0 Å². The molecule has 2 aromatic rings. The van der Waals surface area contributed by atoms with E-state index in [1.54, 1.807) is 0 Å². The third kappa shape index (κ3) is 3.08. The van der Waals surface area contributed by atoms with Gasteiger partial charge in [-0.2, -0.15) is 5.10 Å². The fourth-order valence-corrected chi connectivity index (χ4v) is 2.98. The molecule has 1 aliphatic rings. The van der Waals surface area contributed by atoms with Crippen molar-refractivity contribution in [2.75, 3.05) is 32.6 Å². The second-order valence-electron chi connectivity index (χ2n) is 6.12. The number of anilines is 1. The fourth-order valence-electron chi connectivity index (χ4n) is 2.98. The van der Waals surface area contributed by atoms with E-state index in [1.807, 2.05) is 17.1 Å². The van der Waals surface area contributed by atoms with Gasteiger partial charge in [0.15, 0.2) is 5.65 Å². The van der Waals surface area contributed by atoms with Crippen LogP contribution >= 0.6 is 0 Å². The van der Waals surface area contributed by atoms with Crippen molar-refractivity contribution < 1.29 is 4.74 Å². The summed E-state index contributed by atoms with van der Waals surface area (Å²) < 4.78 is 7.41. The molecule has 1 N–H and O–H groups in total. The van der Waals surface area contributed by atoms with Gasteiger partial charge < -0.3 is 15.0 Å². The molecule has 1 aliphatic heterocycles. The lowest BCUT2D eigenvalue weighted by atomic mass is 10.1. The van der Waals surface area contributed by atoms with Crippen LogP contribution in [0.2, 0.25) is 0 Å². The number of nitrogens with zero attached hydrogens (tertiary/aromatic N) is 4. The van der Waals surface area contributed by atoms with Gasteiger partial charge in [0.25, 0.3) is 0 Å². The topological polar surface area (TPSA) is 55.2 Å². The average Bonchev–Trinajstić information content (AvgIpc) is 2.93. The van der Waals surface area contributed by atoms with Gasteiger partial charge in [0.05, 0.1) is 17.3 Å². The Morgan fingerprint density at radius 3 is 2.77 bits per heavy atom. The van der Waals surface area contributed by atoms with E-state index in [4.69, 9.17) is 4.74 Å². The maximum absolute atomic E-state index is 5.46. The molecule has 0 aromatic carbocycles. The molecule has 0 saturated carbocycles. The number of hydrogen-bond donors (Lipinski definition) is 1. The number of rotatable bonds is 5. The van der Waals surface area contributed by atoms with Crippen molar-refractivity contribution in [3.05, 3.63) is 18.0 Å². The Bertz CT molecular complexity index is 631. The summed E-state index contributed by atoms with van der Waals surface area (Å²) in [6.45, 7) is 5.46. The molecule has 0 spiro atoms. The van der Waals surface area contributed by atoms with Gasteiger partial charge in [-0.25, -0.2) is 9.67 Å². The van der Waals surface area contributed by atoms with Crippen LogP contribution in [0.5, 0.6) is 0 Å². The SMILES string of the molecule is CCn1ncc2c(NC3CCOCC3)c(CN(C)C)cnc21. The van der Waals surface area contributed by atoms with E-state index in [0.717, 1.165) is 50.2 Å². The Balaban J connectivity index is 1.99. The second-order valence-corrected chi connectivity index (χ2v) is 6.12. The molecule has 3 heterocycles. The minimum absolute atomic E-state index is 0.463. The monoisotopic (exact) mass is 303 g/mol. The minimum Gasteiger partial charge on any atom is -0.381 e. The molecule has 0 atom stereocenters. The van der Waals surface area contributed by atoms with Crippen molar-refractivity contribution in [3.63, 3.8) is 0 Å². The summed E-state index contributed by atoms with van der Waals surface area (Å²) in [6.07, 6.45) is 6.02. The van der Waals surface area contributed by atoms with E-state index in [2.05, 4.69) is 41.3 Å². The fraction of sp³-hybridized carbons (Fsp3) is 0.625. The number of aromatic nitrogens is 3. The predicted octanol–water partition coefficient (Wildman–Crippen LogP) is 2.10. The molecule has 22 heavy (non-hydrogen) atoms. The number of hydrogen-bond acceptors (Lipinski definition) is 5. The summed E-state index contributed by atoms with van der Waals surface area (Å²) >= 11 is 0. The summed E-state index contributed by atoms with van der Waals surface area (Å²) in [6, 6.07) is 0.463. The Hall–Kier alpha value is -1.66. The van der Waals surface area contributed by atoms with Crippen LogP contribution in [0.4, 0.5) is 5.69 Å². The molecule has 1 fully saturated rings. The molecule has 0 unspecified atom stereocenters. The quantitative estimate of drug-likeness (QED) is 0.917. The lowest BCUT2D eigenvalue weighted by Crippen LogP contribution is -2.28. The summed E-state index contributed by atoms with van der Waals surface area (Å²) in [5, 5.41) is 9.32. The maximum Gasteiger partial charge on any atom is 0.159 e. The van der Waals surface area contributed by atoms with E-state index >= 15 is 0 Å². The smallest absolute Gasteiger partial charge is 0.159 e. The first-order valence-electron chi connectivity index (χ1n) is 8.01. The first-order chi connectivity index (χ1) is 10.7. The van der Waals surface area contributed by atoms with E-state index in [-0.39, 0.29) is 0 Å². The Labute approximate surface area is 131 Å². The van der Waals surface area contributed by atoms with Crippen LogP contribution in [0.25, 0.3) is 11.0 Å². The molecular weight excluding hydrogens is 278 g/mol. The van der Waals surface area contributed by atoms with Gasteiger partial charge in [-0.15, -0.1) is 0 Å². The summed E-state index contributed by atoms with van der Waals surface area (Å²) in [5.41, 5.74) is 3.37. The highest BCUT2D eigenvalue weighted by atomic mass is 16.5. The van der Waals surface area contributed by atoms with Crippen molar-refractivity contribution in [1.29, 1.82) is 0 Å². The lowest BCUT2D eigenvalue weighted by Gasteiger charge is -2.26. The molecule has 120 valence electrons. The van der Waals surface area contributed by atoms with Crippen molar-refractivity contribution in [1.82, 2.24) is 19.7 Å². The van der Waals surface area contributed by atoms with Gasteiger partial charge in [-0.3, -0.25) is 0 Å². The maximum atomic E-state index is 5.46. The van der Waals surface area contributed by atoms with Crippen molar-refractivity contribution >= 4 is 16.7 Å². The Kier molecular flexibility index (Phi) is 4.59. The Morgan fingerprint density at radius 2 is 2.09 bits per heavy atom. The van der Waals surface area contributed by atoms with Crippen LogP contribution in [0.1, 0.15) is 25.3 Å². The number of aryl methyl sites for hydroxylation is 1. The molecule has 2 aromatic heterocycles. The number of pyridine rings is 1. The largest absolute Gasteiger partial charge is 0.381 e. The van der Waals surface area contributed by atoms with Crippen LogP contribution in [-0.4, -0.2) is 53.0 Å². The van der Waals surface area contributed by atoms with Crippen molar-refractivity contribution in [3.8, 4) is 0 Å². The van der Waals surface area contributed by atoms with Gasteiger partial charge in [-0.05, 0) is 33.9 Å². The molecule has 0 aliphatic carbocycles. The zero-order chi connectivity index (χ0) is 15.5. The molecular formula is C16H25N5O. The molecule has 6 nitrogen and oxygen atoms in total. The van der Waals surface area contributed by atoms with Crippen LogP contribution in [0, 0.1) is 0 Å².